The van der Waals surface area contributed by atoms with Crippen LogP contribution in [0.1, 0.15) is 34.6 Å². The molecule has 1 aromatic heterocycles. The number of hydrogen-bond donors (Lipinski definition) is 2. The van der Waals surface area contributed by atoms with Crippen molar-refractivity contribution in [2.75, 3.05) is 11.1 Å². The number of aryl methyl sites for hydroxylation is 2. The van der Waals surface area contributed by atoms with Gasteiger partial charge in [-0.05, 0) is 57.0 Å². The summed E-state index contributed by atoms with van der Waals surface area (Å²) in [6.07, 6.45) is 2.07. The SMILES string of the molecule is Cc1ccc(-n2c(C)nnc2SCC(=O)Nc2cccc(C(=O)NC3CC3)c2)cc1. The summed E-state index contributed by atoms with van der Waals surface area (Å²) in [5.41, 5.74) is 3.27. The molecule has 154 valence electrons. The molecule has 0 aliphatic heterocycles. The number of anilines is 1. The topological polar surface area (TPSA) is 88.9 Å². The average Bonchev–Trinajstić information content (AvgIpc) is 3.47. The highest BCUT2D eigenvalue weighted by Gasteiger charge is 2.23. The first-order chi connectivity index (χ1) is 14.5. The molecule has 1 saturated carbocycles. The summed E-state index contributed by atoms with van der Waals surface area (Å²) in [5, 5.41) is 14.8. The van der Waals surface area contributed by atoms with Crippen LogP contribution in [-0.2, 0) is 4.79 Å². The Bertz CT molecular complexity index is 1070. The van der Waals surface area contributed by atoms with Crippen LogP contribution in [0.3, 0.4) is 0 Å². The predicted octanol–water partition coefficient (Wildman–Crippen LogP) is 3.51. The summed E-state index contributed by atoms with van der Waals surface area (Å²) in [5.74, 6) is 0.666. The smallest absolute Gasteiger partial charge is 0.251 e. The van der Waals surface area contributed by atoms with Crippen LogP contribution < -0.4 is 10.6 Å². The van der Waals surface area contributed by atoms with Gasteiger partial charge in [0.15, 0.2) is 5.16 Å². The zero-order chi connectivity index (χ0) is 21.1. The zero-order valence-electron chi connectivity index (χ0n) is 16.9. The summed E-state index contributed by atoms with van der Waals surface area (Å²) >= 11 is 1.32. The van der Waals surface area contributed by atoms with Crippen LogP contribution in [0.2, 0.25) is 0 Å². The molecular formula is C22H23N5O2S. The van der Waals surface area contributed by atoms with E-state index in [1.807, 2.05) is 42.7 Å². The second-order valence-corrected chi connectivity index (χ2v) is 8.31. The fourth-order valence-corrected chi connectivity index (χ4v) is 3.79. The van der Waals surface area contributed by atoms with E-state index in [2.05, 4.69) is 20.8 Å². The number of carbonyl (C=O) groups excluding carboxylic acids is 2. The Morgan fingerprint density at radius 1 is 1.10 bits per heavy atom. The highest BCUT2D eigenvalue weighted by atomic mass is 32.2. The molecule has 0 unspecified atom stereocenters. The third kappa shape index (κ3) is 4.88. The maximum atomic E-state index is 12.5. The van der Waals surface area contributed by atoms with Crippen LogP contribution in [0.15, 0.2) is 53.7 Å². The Morgan fingerprint density at radius 2 is 1.87 bits per heavy atom. The van der Waals surface area contributed by atoms with Crippen molar-refractivity contribution in [2.24, 2.45) is 0 Å². The molecule has 2 N–H and O–H groups in total. The van der Waals surface area contributed by atoms with E-state index in [1.54, 1.807) is 24.3 Å². The van der Waals surface area contributed by atoms with E-state index >= 15 is 0 Å². The van der Waals surface area contributed by atoms with E-state index in [4.69, 9.17) is 0 Å². The largest absolute Gasteiger partial charge is 0.349 e. The summed E-state index contributed by atoms with van der Waals surface area (Å²) in [4.78, 5) is 24.7. The Kier molecular flexibility index (Phi) is 5.85. The van der Waals surface area contributed by atoms with E-state index in [9.17, 15) is 9.59 Å². The van der Waals surface area contributed by atoms with E-state index < -0.39 is 0 Å². The average molecular weight is 422 g/mol. The first-order valence-corrected chi connectivity index (χ1v) is 10.8. The van der Waals surface area contributed by atoms with Gasteiger partial charge >= 0.3 is 0 Å². The van der Waals surface area contributed by atoms with Gasteiger partial charge in [0.2, 0.25) is 5.91 Å². The van der Waals surface area contributed by atoms with Crippen molar-refractivity contribution in [2.45, 2.75) is 37.9 Å². The molecule has 0 bridgehead atoms. The van der Waals surface area contributed by atoms with Gasteiger partial charge in [-0.1, -0.05) is 35.5 Å². The molecule has 2 aromatic carbocycles. The zero-order valence-corrected chi connectivity index (χ0v) is 17.7. The monoisotopic (exact) mass is 421 g/mol. The lowest BCUT2D eigenvalue weighted by Crippen LogP contribution is -2.25. The van der Waals surface area contributed by atoms with Crippen molar-refractivity contribution < 1.29 is 9.59 Å². The maximum absolute atomic E-state index is 12.5. The lowest BCUT2D eigenvalue weighted by molar-refractivity contribution is -0.113. The fourth-order valence-electron chi connectivity index (χ4n) is 2.99. The molecule has 0 atom stereocenters. The number of aromatic nitrogens is 3. The molecule has 2 amide bonds. The molecule has 8 heteroatoms. The predicted molar refractivity (Wildman–Crippen MR) is 117 cm³/mol. The molecule has 1 fully saturated rings. The van der Waals surface area contributed by atoms with Crippen LogP contribution in [0.25, 0.3) is 5.69 Å². The number of carbonyl (C=O) groups is 2. The van der Waals surface area contributed by atoms with Gasteiger partial charge in [-0.25, -0.2) is 0 Å². The molecule has 1 heterocycles. The van der Waals surface area contributed by atoms with Gasteiger partial charge in [0.05, 0.1) is 5.75 Å². The number of nitrogens with one attached hydrogen (secondary N) is 2. The van der Waals surface area contributed by atoms with Crippen molar-refractivity contribution in [3.05, 3.63) is 65.5 Å². The molecule has 7 nitrogen and oxygen atoms in total. The van der Waals surface area contributed by atoms with Crippen molar-refractivity contribution in [1.29, 1.82) is 0 Å². The van der Waals surface area contributed by atoms with Crippen LogP contribution in [0.4, 0.5) is 5.69 Å². The summed E-state index contributed by atoms with van der Waals surface area (Å²) in [7, 11) is 0. The Morgan fingerprint density at radius 3 is 2.60 bits per heavy atom. The van der Waals surface area contributed by atoms with Crippen LogP contribution in [-0.4, -0.2) is 38.4 Å². The number of hydrogen-bond acceptors (Lipinski definition) is 5. The number of thioether (sulfide) groups is 1. The normalized spacial score (nSPS) is 13.1. The molecule has 0 radical (unpaired) electrons. The van der Waals surface area contributed by atoms with E-state index in [0.29, 0.717) is 22.4 Å². The van der Waals surface area contributed by atoms with E-state index in [1.165, 1.54) is 17.3 Å². The van der Waals surface area contributed by atoms with Crippen LogP contribution >= 0.6 is 11.8 Å². The van der Waals surface area contributed by atoms with Crippen LogP contribution in [0.5, 0.6) is 0 Å². The third-order valence-electron chi connectivity index (χ3n) is 4.74. The molecular weight excluding hydrogens is 398 g/mol. The van der Waals surface area contributed by atoms with Crippen molar-refractivity contribution >= 4 is 29.3 Å². The highest BCUT2D eigenvalue weighted by molar-refractivity contribution is 7.99. The van der Waals surface area contributed by atoms with Gasteiger partial charge in [0.1, 0.15) is 5.82 Å². The highest BCUT2D eigenvalue weighted by Crippen LogP contribution is 2.23. The van der Waals surface area contributed by atoms with Gasteiger partial charge in [-0.15, -0.1) is 10.2 Å². The first kappa shape index (κ1) is 20.2. The van der Waals surface area contributed by atoms with Gasteiger partial charge in [-0.2, -0.15) is 0 Å². The van der Waals surface area contributed by atoms with E-state index in [0.717, 1.165) is 24.4 Å². The van der Waals surface area contributed by atoms with Gasteiger partial charge < -0.3 is 10.6 Å². The number of nitrogens with zero attached hydrogens (tertiary/aromatic N) is 3. The molecule has 30 heavy (non-hydrogen) atoms. The number of benzene rings is 2. The second kappa shape index (κ2) is 8.71. The minimum atomic E-state index is -0.170. The maximum Gasteiger partial charge on any atom is 0.251 e. The lowest BCUT2D eigenvalue weighted by Gasteiger charge is -2.10. The number of rotatable bonds is 7. The molecule has 1 aliphatic carbocycles. The standard InChI is InChI=1S/C22H23N5O2S/c1-14-6-10-19(11-7-14)27-15(2)25-26-22(27)30-13-20(28)23-18-5-3-4-16(12-18)21(29)24-17-8-9-17/h3-7,10-12,17H,8-9,13H2,1-2H3,(H,23,28)(H,24,29). The molecule has 1 aliphatic rings. The Hall–Kier alpha value is -3.13. The quantitative estimate of drug-likeness (QED) is 0.570. The van der Waals surface area contributed by atoms with Gasteiger partial charge in [-0.3, -0.25) is 14.2 Å². The van der Waals surface area contributed by atoms with Gasteiger partial charge in [0, 0.05) is 23.0 Å². The van der Waals surface area contributed by atoms with Crippen molar-refractivity contribution in [3.63, 3.8) is 0 Å². The Labute approximate surface area is 179 Å². The fraction of sp³-hybridized carbons (Fsp3) is 0.273. The summed E-state index contributed by atoms with van der Waals surface area (Å²) in [6.45, 7) is 3.92. The molecule has 0 spiro atoms. The third-order valence-corrected chi connectivity index (χ3v) is 5.67. The van der Waals surface area contributed by atoms with Crippen molar-refractivity contribution in [3.8, 4) is 5.69 Å². The summed E-state index contributed by atoms with van der Waals surface area (Å²) in [6, 6.07) is 15.3. The van der Waals surface area contributed by atoms with Crippen LogP contribution in [0, 0.1) is 13.8 Å². The molecule has 4 rings (SSSR count). The number of amides is 2. The second-order valence-electron chi connectivity index (χ2n) is 7.37. The van der Waals surface area contributed by atoms with Crippen molar-refractivity contribution in [1.82, 2.24) is 20.1 Å². The Balaban J connectivity index is 1.39. The van der Waals surface area contributed by atoms with Gasteiger partial charge in [0.25, 0.3) is 5.91 Å². The minimum absolute atomic E-state index is 0.107. The first-order valence-electron chi connectivity index (χ1n) is 9.82. The molecule has 3 aromatic rings. The summed E-state index contributed by atoms with van der Waals surface area (Å²) < 4.78 is 1.93. The van der Waals surface area contributed by atoms with E-state index in [-0.39, 0.29) is 17.6 Å². The minimum Gasteiger partial charge on any atom is -0.349 e. The lowest BCUT2D eigenvalue weighted by atomic mass is 10.2. The molecule has 0 saturated heterocycles.